The molecular weight excluding hydrogens is 296 g/mol. The second-order valence-corrected chi connectivity index (χ2v) is 5.12. The maximum absolute atomic E-state index is 11.6. The number of nitrogens with zero attached hydrogens (tertiary/aromatic N) is 2. The fourth-order valence-corrected chi connectivity index (χ4v) is 2.70. The molecule has 2 aromatic rings. The normalized spacial score (nSPS) is 11.7. The Hall–Kier alpha value is -1.90. The number of halogens is 1. The van der Waals surface area contributed by atoms with E-state index in [2.05, 4.69) is 4.98 Å². The van der Waals surface area contributed by atoms with E-state index in [9.17, 15) is 4.79 Å². The van der Waals surface area contributed by atoms with Crippen LogP contribution in [0.1, 0.15) is 10.9 Å². The summed E-state index contributed by atoms with van der Waals surface area (Å²) in [5, 5.41) is 11.3. The predicted octanol–water partition coefficient (Wildman–Crippen LogP) is 3.23. The monoisotopic (exact) mass is 306 g/mol. The van der Waals surface area contributed by atoms with Crippen LogP contribution in [0.3, 0.4) is 0 Å². The van der Waals surface area contributed by atoms with Gasteiger partial charge in [0.25, 0.3) is 0 Å². The van der Waals surface area contributed by atoms with Crippen molar-refractivity contribution in [2.24, 2.45) is 0 Å². The Kier molecular flexibility index (Phi) is 4.72. The number of rotatable bonds is 5. The van der Waals surface area contributed by atoms with Gasteiger partial charge in [-0.25, -0.2) is 4.98 Å². The molecule has 0 radical (unpaired) electrons. The molecule has 0 aliphatic heterocycles. The molecule has 1 aromatic carbocycles. The summed E-state index contributed by atoms with van der Waals surface area (Å²) in [6.45, 7) is 0. The van der Waals surface area contributed by atoms with Crippen molar-refractivity contribution in [2.45, 2.75) is 5.92 Å². The standard InChI is InChI=1S/C14H11ClN2O2S/c1-19-10-4-2-9(3-5-10)12-8-20-14(17-12)11(7-16)13(18)6-15/h2-5,8,11H,6H2,1H3/t11-/m1/s1. The van der Waals surface area contributed by atoms with Gasteiger partial charge in [0.2, 0.25) is 0 Å². The minimum absolute atomic E-state index is 0.185. The Morgan fingerprint density at radius 2 is 2.20 bits per heavy atom. The van der Waals surface area contributed by atoms with Crippen molar-refractivity contribution < 1.29 is 9.53 Å². The van der Waals surface area contributed by atoms with E-state index in [0.29, 0.717) is 5.01 Å². The Balaban J connectivity index is 2.28. The van der Waals surface area contributed by atoms with E-state index in [1.807, 2.05) is 35.7 Å². The molecule has 2 rings (SSSR count). The van der Waals surface area contributed by atoms with Crippen LogP contribution in [0.4, 0.5) is 0 Å². The first-order chi connectivity index (χ1) is 9.69. The number of hydrogen-bond acceptors (Lipinski definition) is 5. The molecule has 0 amide bonds. The van der Waals surface area contributed by atoms with E-state index in [-0.39, 0.29) is 11.7 Å². The van der Waals surface area contributed by atoms with Crippen LogP contribution in [-0.4, -0.2) is 23.8 Å². The summed E-state index contributed by atoms with van der Waals surface area (Å²) >= 11 is 6.78. The number of thiazole rings is 1. The Labute approximate surface area is 125 Å². The zero-order valence-electron chi connectivity index (χ0n) is 10.7. The number of alkyl halides is 1. The van der Waals surface area contributed by atoms with Crippen LogP contribution in [0.15, 0.2) is 29.6 Å². The second kappa shape index (κ2) is 6.51. The summed E-state index contributed by atoms with van der Waals surface area (Å²) in [6.07, 6.45) is 0. The van der Waals surface area contributed by atoms with Crippen molar-refractivity contribution in [3.8, 4) is 23.1 Å². The number of ether oxygens (including phenoxy) is 1. The fourth-order valence-electron chi connectivity index (χ4n) is 1.66. The lowest BCUT2D eigenvalue weighted by molar-refractivity contribution is -0.117. The van der Waals surface area contributed by atoms with Crippen molar-refractivity contribution in [1.29, 1.82) is 5.26 Å². The highest BCUT2D eigenvalue weighted by molar-refractivity contribution is 7.10. The SMILES string of the molecule is COc1ccc(-c2csc([C@H](C#N)C(=O)CCl)n2)cc1. The summed E-state index contributed by atoms with van der Waals surface area (Å²) < 4.78 is 5.09. The van der Waals surface area contributed by atoms with Gasteiger partial charge in [-0.05, 0) is 24.3 Å². The molecule has 20 heavy (non-hydrogen) atoms. The summed E-state index contributed by atoms with van der Waals surface area (Å²) in [5.74, 6) is -0.638. The average molecular weight is 307 g/mol. The number of aromatic nitrogens is 1. The minimum Gasteiger partial charge on any atom is -0.497 e. The number of hydrogen-bond donors (Lipinski definition) is 0. The third-order valence-corrected chi connectivity index (χ3v) is 3.91. The van der Waals surface area contributed by atoms with E-state index in [0.717, 1.165) is 17.0 Å². The molecule has 0 saturated heterocycles. The summed E-state index contributed by atoms with van der Waals surface area (Å²) in [5.41, 5.74) is 1.64. The molecular formula is C14H11ClN2O2S. The quantitative estimate of drug-likeness (QED) is 0.796. The van der Waals surface area contributed by atoms with Crippen LogP contribution in [0.2, 0.25) is 0 Å². The summed E-state index contributed by atoms with van der Waals surface area (Å²) in [4.78, 5) is 15.9. The minimum atomic E-state index is -0.885. The maximum Gasteiger partial charge on any atom is 0.171 e. The van der Waals surface area contributed by atoms with Gasteiger partial charge in [0.15, 0.2) is 11.7 Å². The van der Waals surface area contributed by atoms with Crippen molar-refractivity contribution in [2.75, 3.05) is 13.0 Å². The Morgan fingerprint density at radius 3 is 2.75 bits per heavy atom. The van der Waals surface area contributed by atoms with Gasteiger partial charge < -0.3 is 4.74 Å². The molecule has 0 bridgehead atoms. The van der Waals surface area contributed by atoms with Gasteiger partial charge in [-0.2, -0.15) is 5.26 Å². The first-order valence-electron chi connectivity index (χ1n) is 5.77. The zero-order chi connectivity index (χ0) is 14.5. The topological polar surface area (TPSA) is 63.0 Å². The van der Waals surface area contributed by atoms with Gasteiger partial charge in [0.05, 0.1) is 24.8 Å². The molecule has 4 nitrogen and oxygen atoms in total. The molecule has 0 aliphatic carbocycles. The third-order valence-electron chi connectivity index (χ3n) is 2.74. The van der Waals surface area contributed by atoms with Gasteiger partial charge >= 0.3 is 0 Å². The number of carbonyl (C=O) groups excluding carboxylic acids is 1. The maximum atomic E-state index is 11.6. The number of nitriles is 1. The van der Waals surface area contributed by atoms with Crippen molar-refractivity contribution in [1.82, 2.24) is 4.98 Å². The van der Waals surface area contributed by atoms with Gasteiger partial charge in [0.1, 0.15) is 10.8 Å². The average Bonchev–Trinajstić information content (AvgIpc) is 2.97. The molecule has 1 aromatic heterocycles. The van der Waals surface area contributed by atoms with Crippen LogP contribution in [-0.2, 0) is 4.79 Å². The van der Waals surface area contributed by atoms with E-state index in [1.54, 1.807) is 7.11 Å². The molecule has 102 valence electrons. The molecule has 1 heterocycles. The summed E-state index contributed by atoms with van der Waals surface area (Å²) in [7, 11) is 1.60. The smallest absolute Gasteiger partial charge is 0.171 e. The zero-order valence-corrected chi connectivity index (χ0v) is 12.2. The number of Topliss-reactive ketones (excluding diaryl/α,β-unsaturated/α-hetero) is 1. The molecule has 0 aliphatic rings. The molecule has 0 unspecified atom stereocenters. The van der Waals surface area contributed by atoms with Crippen LogP contribution in [0.25, 0.3) is 11.3 Å². The van der Waals surface area contributed by atoms with Crippen molar-refractivity contribution >= 4 is 28.7 Å². The fraction of sp³-hybridized carbons (Fsp3) is 0.214. The van der Waals surface area contributed by atoms with Crippen molar-refractivity contribution in [3.63, 3.8) is 0 Å². The van der Waals surface area contributed by atoms with E-state index >= 15 is 0 Å². The highest BCUT2D eigenvalue weighted by Gasteiger charge is 2.22. The lowest BCUT2D eigenvalue weighted by Crippen LogP contribution is -2.11. The van der Waals surface area contributed by atoms with Crippen LogP contribution in [0, 0.1) is 11.3 Å². The highest BCUT2D eigenvalue weighted by atomic mass is 35.5. The van der Waals surface area contributed by atoms with E-state index < -0.39 is 5.92 Å². The number of carbonyl (C=O) groups is 1. The Morgan fingerprint density at radius 1 is 1.50 bits per heavy atom. The lowest BCUT2D eigenvalue weighted by Gasteiger charge is -2.02. The number of ketones is 1. The third kappa shape index (κ3) is 2.98. The Bertz CT molecular complexity index is 646. The molecule has 6 heteroatoms. The van der Waals surface area contributed by atoms with Gasteiger partial charge in [-0.1, -0.05) is 0 Å². The molecule has 0 fully saturated rings. The lowest BCUT2D eigenvalue weighted by atomic mass is 10.1. The van der Waals surface area contributed by atoms with Gasteiger partial charge in [-0.3, -0.25) is 4.79 Å². The van der Waals surface area contributed by atoms with E-state index in [1.165, 1.54) is 11.3 Å². The predicted molar refractivity (Wildman–Crippen MR) is 78.2 cm³/mol. The summed E-state index contributed by atoms with van der Waals surface area (Å²) in [6, 6.07) is 9.37. The first-order valence-corrected chi connectivity index (χ1v) is 7.19. The largest absolute Gasteiger partial charge is 0.497 e. The van der Waals surface area contributed by atoms with E-state index in [4.69, 9.17) is 21.6 Å². The molecule has 1 atom stereocenters. The van der Waals surface area contributed by atoms with Gasteiger partial charge in [-0.15, -0.1) is 22.9 Å². The second-order valence-electron chi connectivity index (χ2n) is 3.96. The van der Waals surface area contributed by atoms with Crippen LogP contribution >= 0.6 is 22.9 Å². The molecule has 0 N–H and O–H groups in total. The van der Waals surface area contributed by atoms with Gasteiger partial charge in [0, 0.05) is 10.9 Å². The number of methoxy groups -OCH3 is 1. The van der Waals surface area contributed by atoms with Crippen molar-refractivity contribution in [3.05, 3.63) is 34.7 Å². The van der Waals surface area contributed by atoms with Crippen LogP contribution < -0.4 is 4.74 Å². The molecule has 0 saturated carbocycles. The molecule has 0 spiro atoms. The highest BCUT2D eigenvalue weighted by Crippen LogP contribution is 2.28. The van der Waals surface area contributed by atoms with Crippen LogP contribution in [0.5, 0.6) is 5.75 Å². The first kappa shape index (κ1) is 14.5. The number of benzene rings is 1.